The number of hydrogen-bond donors (Lipinski definition) is 1. The fourth-order valence-electron chi connectivity index (χ4n) is 3.54. The van der Waals surface area contributed by atoms with Gasteiger partial charge in [0, 0.05) is 29.6 Å². The van der Waals surface area contributed by atoms with Crippen LogP contribution in [0.1, 0.15) is 31.2 Å². The van der Waals surface area contributed by atoms with E-state index in [9.17, 15) is 0 Å². The van der Waals surface area contributed by atoms with Crippen LogP contribution in [0.25, 0.3) is 0 Å². The molecule has 1 N–H and O–H groups in total. The Labute approximate surface area is 129 Å². The third kappa shape index (κ3) is 3.02. The van der Waals surface area contributed by atoms with E-state index in [2.05, 4.69) is 38.3 Å². The lowest BCUT2D eigenvalue weighted by atomic mass is 9.99. The second-order valence-electron chi connectivity index (χ2n) is 5.83. The zero-order valence-corrected chi connectivity index (χ0v) is 13.7. The molecule has 20 heavy (non-hydrogen) atoms. The van der Waals surface area contributed by atoms with E-state index < -0.39 is 0 Å². The van der Waals surface area contributed by atoms with Crippen molar-refractivity contribution in [2.75, 3.05) is 20.2 Å². The molecule has 2 aliphatic heterocycles. The number of benzene rings is 1. The van der Waals surface area contributed by atoms with E-state index in [1.165, 1.54) is 44.3 Å². The first kappa shape index (κ1) is 14.4. The van der Waals surface area contributed by atoms with Crippen molar-refractivity contribution in [2.45, 2.75) is 44.3 Å². The lowest BCUT2D eigenvalue weighted by Crippen LogP contribution is -2.44. The van der Waals surface area contributed by atoms with Crippen LogP contribution in [-0.2, 0) is 6.54 Å². The summed E-state index contributed by atoms with van der Waals surface area (Å²) in [5.74, 6) is 0.927. The first-order valence-corrected chi connectivity index (χ1v) is 8.37. The highest BCUT2D eigenvalue weighted by Crippen LogP contribution is 2.28. The minimum atomic E-state index is 0.647. The summed E-state index contributed by atoms with van der Waals surface area (Å²) >= 11 is 3.63. The van der Waals surface area contributed by atoms with Gasteiger partial charge in [-0.1, -0.05) is 22.4 Å². The molecular formula is C16H23BrN2O. The number of hydrogen-bond acceptors (Lipinski definition) is 3. The number of fused-ring (bicyclic) bond motifs is 1. The Morgan fingerprint density at radius 3 is 3.05 bits per heavy atom. The molecule has 2 aliphatic rings. The molecule has 2 fully saturated rings. The third-order valence-electron chi connectivity index (χ3n) is 4.66. The summed E-state index contributed by atoms with van der Waals surface area (Å²) in [7, 11) is 1.72. The van der Waals surface area contributed by atoms with E-state index in [4.69, 9.17) is 4.74 Å². The van der Waals surface area contributed by atoms with E-state index in [1.807, 2.05) is 6.07 Å². The summed E-state index contributed by atoms with van der Waals surface area (Å²) in [6.07, 6.45) is 5.41. The van der Waals surface area contributed by atoms with E-state index in [1.54, 1.807) is 7.11 Å². The number of nitrogens with one attached hydrogen (secondary N) is 1. The molecule has 0 aliphatic carbocycles. The molecule has 1 aromatic carbocycles. The molecule has 2 atom stereocenters. The Hall–Kier alpha value is -0.580. The number of nitrogens with zero attached hydrogens (tertiary/aromatic N) is 1. The SMILES string of the molecule is COc1ccc(Br)c(CNC2CCN3CCCCC23)c1. The van der Waals surface area contributed by atoms with Gasteiger partial charge in [0.2, 0.25) is 0 Å². The normalized spacial score (nSPS) is 26.5. The fourth-order valence-corrected chi connectivity index (χ4v) is 3.93. The van der Waals surface area contributed by atoms with Crippen LogP contribution in [0, 0.1) is 0 Å². The van der Waals surface area contributed by atoms with Crippen molar-refractivity contribution >= 4 is 15.9 Å². The predicted molar refractivity (Wildman–Crippen MR) is 85.2 cm³/mol. The molecule has 3 rings (SSSR count). The Morgan fingerprint density at radius 1 is 1.30 bits per heavy atom. The van der Waals surface area contributed by atoms with Crippen LogP contribution >= 0.6 is 15.9 Å². The summed E-state index contributed by atoms with van der Waals surface area (Å²) in [5.41, 5.74) is 1.28. The number of rotatable bonds is 4. The van der Waals surface area contributed by atoms with Gasteiger partial charge < -0.3 is 10.1 Å². The highest BCUT2D eigenvalue weighted by Gasteiger charge is 2.34. The van der Waals surface area contributed by atoms with E-state index in [0.29, 0.717) is 6.04 Å². The first-order valence-electron chi connectivity index (χ1n) is 7.58. The van der Waals surface area contributed by atoms with Gasteiger partial charge in [0.25, 0.3) is 0 Å². The molecule has 0 radical (unpaired) electrons. The molecule has 110 valence electrons. The largest absolute Gasteiger partial charge is 0.497 e. The molecule has 0 amide bonds. The van der Waals surface area contributed by atoms with E-state index in [0.717, 1.165) is 22.8 Å². The second-order valence-corrected chi connectivity index (χ2v) is 6.69. The van der Waals surface area contributed by atoms with Gasteiger partial charge in [-0.05, 0) is 49.6 Å². The highest BCUT2D eigenvalue weighted by atomic mass is 79.9. The predicted octanol–water partition coefficient (Wildman–Crippen LogP) is 3.17. The topological polar surface area (TPSA) is 24.5 Å². The average molecular weight is 339 g/mol. The van der Waals surface area contributed by atoms with Gasteiger partial charge in [-0.25, -0.2) is 0 Å². The fraction of sp³-hybridized carbons (Fsp3) is 0.625. The third-order valence-corrected chi connectivity index (χ3v) is 5.44. The quantitative estimate of drug-likeness (QED) is 0.912. The lowest BCUT2D eigenvalue weighted by molar-refractivity contribution is 0.180. The molecule has 2 heterocycles. The van der Waals surface area contributed by atoms with Crippen LogP contribution in [0.3, 0.4) is 0 Å². The zero-order chi connectivity index (χ0) is 13.9. The van der Waals surface area contributed by atoms with Crippen LogP contribution in [-0.4, -0.2) is 37.2 Å². The van der Waals surface area contributed by atoms with Crippen molar-refractivity contribution in [3.05, 3.63) is 28.2 Å². The zero-order valence-electron chi connectivity index (χ0n) is 12.1. The van der Waals surface area contributed by atoms with Crippen molar-refractivity contribution in [3.63, 3.8) is 0 Å². The van der Waals surface area contributed by atoms with Crippen molar-refractivity contribution in [1.29, 1.82) is 0 Å². The molecule has 3 nitrogen and oxygen atoms in total. The maximum atomic E-state index is 5.31. The van der Waals surface area contributed by atoms with Crippen molar-refractivity contribution in [2.24, 2.45) is 0 Å². The molecule has 2 unspecified atom stereocenters. The van der Waals surface area contributed by atoms with Gasteiger partial charge in [0.1, 0.15) is 5.75 Å². The first-order chi connectivity index (χ1) is 9.78. The Balaban J connectivity index is 1.62. The maximum absolute atomic E-state index is 5.31. The van der Waals surface area contributed by atoms with Gasteiger partial charge in [0.15, 0.2) is 0 Å². The van der Waals surface area contributed by atoms with Gasteiger partial charge in [-0.3, -0.25) is 4.90 Å². The van der Waals surface area contributed by atoms with Crippen LogP contribution < -0.4 is 10.1 Å². The smallest absolute Gasteiger partial charge is 0.119 e. The number of methoxy groups -OCH3 is 1. The molecule has 1 aromatic rings. The minimum Gasteiger partial charge on any atom is -0.497 e. The van der Waals surface area contributed by atoms with Gasteiger partial charge in [0.05, 0.1) is 7.11 Å². The highest BCUT2D eigenvalue weighted by molar-refractivity contribution is 9.10. The van der Waals surface area contributed by atoms with Crippen molar-refractivity contribution in [1.82, 2.24) is 10.2 Å². The molecule has 2 saturated heterocycles. The van der Waals surface area contributed by atoms with Crippen molar-refractivity contribution in [3.8, 4) is 5.75 Å². The molecule has 0 spiro atoms. The summed E-state index contributed by atoms with van der Waals surface area (Å²) in [4.78, 5) is 2.67. The van der Waals surface area contributed by atoms with Gasteiger partial charge in [-0.15, -0.1) is 0 Å². The Kier molecular flexibility index (Phi) is 4.64. The van der Waals surface area contributed by atoms with Gasteiger partial charge in [-0.2, -0.15) is 0 Å². The maximum Gasteiger partial charge on any atom is 0.119 e. The summed E-state index contributed by atoms with van der Waals surface area (Å²) in [5, 5.41) is 3.76. The Morgan fingerprint density at radius 2 is 2.20 bits per heavy atom. The second kappa shape index (κ2) is 6.46. The number of halogens is 1. The number of piperidine rings is 1. The average Bonchev–Trinajstić information content (AvgIpc) is 2.90. The van der Waals surface area contributed by atoms with Crippen LogP contribution in [0.2, 0.25) is 0 Å². The van der Waals surface area contributed by atoms with E-state index in [-0.39, 0.29) is 0 Å². The summed E-state index contributed by atoms with van der Waals surface area (Å²) in [6.45, 7) is 3.47. The van der Waals surface area contributed by atoms with Crippen LogP contribution in [0.5, 0.6) is 5.75 Å². The summed E-state index contributed by atoms with van der Waals surface area (Å²) < 4.78 is 6.47. The number of ether oxygens (including phenoxy) is 1. The monoisotopic (exact) mass is 338 g/mol. The van der Waals surface area contributed by atoms with Gasteiger partial charge >= 0.3 is 0 Å². The molecule has 4 heteroatoms. The molecule has 0 aromatic heterocycles. The Bertz CT molecular complexity index is 466. The molecular weight excluding hydrogens is 316 g/mol. The standard InChI is InChI=1S/C16H23BrN2O/c1-20-13-5-6-14(17)12(10-13)11-18-15-7-9-19-8-3-2-4-16(15)19/h5-6,10,15-16,18H,2-4,7-9,11H2,1H3. The lowest BCUT2D eigenvalue weighted by Gasteiger charge is -2.32. The van der Waals surface area contributed by atoms with Crippen molar-refractivity contribution < 1.29 is 4.74 Å². The molecule has 0 bridgehead atoms. The summed E-state index contributed by atoms with van der Waals surface area (Å²) in [6, 6.07) is 7.58. The van der Waals surface area contributed by atoms with Crippen LogP contribution in [0.15, 0.2) is 22.7 Å². The minimum absolute atomic E-state index is 0.647. The molecule has 0 saturated carbocycles. The van der Waals surface area contributed by atoms with E-state index >= 15 is 0 Å². The van der Waals surface area contributed by atoms with Crippen LogP contribution in [0.4, 0.5) is 0 Å².